The molecule has 3 aromatic rings. The average Bonchev–Trinajstić information content (AvgIpc) is 3.39. The molecule has 0 spiro atoms. The number of benzene rings is 1. The first-order valence-electron chi connectivity index (χ1n) is 8.67. The normalized spacial score (nSPS) is 11.6. The van der Waals surface area contributed by atoms with Crippen molar-refractivity contribution in [2.24, 2.45) is 0 Å². The molecule has 28 heavy (non-hydrogen) atoms. The van der Waals surface area contributed by atoms with Crippen LogP contribution in [0.1, 0.15) is 28.3 Å². The van der Waals surface area contributed by atoms with Gasteiger partial charge in [-0.05, 0) is 65.7 Å². The van der Waals surface area contributed by atoms with E-state index in [4.69, 9.17) is 4.74 Å². The lowest BCUT2D eigenvalue weighted by atomic mass is 10.2. The van der Waals surface area contributed by atoms with Gasteiger partial charge in [-0.1, -0.05) is 0 Å². The van der Waals surface area contributed by atoms with Gasteiger partial charge in [0, 0.05) is 15.4 Å². The van der Waals surface area contributed by atoms with Gasteiger partial charge in [-0.3, -0.25) is 9.59 Å². The van der Waals surface area contributed by atoms with Crippen molar-refractivity contribution in [2.45, 2.75) is 19.6 Å². The second-order valence-electron chi connectivity index (χ2n) is 5.86. The minimum atomic E-state index is -0.737. The van der Waals surface area contributed by atoms with Crippen molar-refractivity contribution in [2.75, 3.05) is 11.9 Å². The van der Waals surface area contributed by atoms with Gasteiger partial charge in [0.1, 0.15) is 11.9 Å². The second kappa shape index (κ2) is 9.50. The summed E-state index contributed by atoms with van der Waals surface area (Å²) in [5.74, 6) is -0.760. The lowest BCUT2D eigenvalue weighted by molar-refractivity contribution is -0.136. The Bertz CT molecular complexity index is 920. The number of amides is 2. The Kier molecular flexibility index (Phi) is 6.80. The molecule has 3 rings (SSSR count). The van der Waals surface area contributed by atoms with Crippen LogP contribution in [-0.2, 0) is 16.1 Å². The van der Waals surface area contributed by atoms with Crippen LogP contribution >= 0.6 is 22.7 Å². The van der Waals surface area contributed by atoms with Gasteiger partial charge in [0.2, 0.25) is 0 Å². The van der Waals surface area contributed by atoms with Crippen LogP contribution in [0.3, 0.4) is 0 Å². The van der Waals surface area contributed by atoms with Gasteiger partial charge in [0.25, 0.3) is 0 Å². The number of carbonyl (C=O) groups excluding carboxylic acids is 2. The van der Waals surface area contributed by atoms with Crippen LogP contribution in [0, 0.1) is 0 Å². The predicted molar refractivity (Wildman–Crippen MR) is 111 cm³/mol. The van der Waals surface area contributed by atoms with Crippen LogP contribution in [-0.4, -0.2) is 23.5 Å². The van der Waals surface area contributed by atoms with Crippen molar-refractivity contribution >= 4 is 40.2 Å². The van der Waals surface area contributed by atoms with Crippen LogP contribution in [0.5, 0.6) is 5.75 Å². The number of hydrogen-bond acceptors (Lipinski definition) is 6. The Labute approximate surface area is 170 Å². The maximum absolute atomic E-state index is 12.0. The smallest absolute Gasteiger partial charge is 0.313 e. The van der Waals surface area contributed by atoms with Crippen molar-refractivity contribution in [3.05, 3.63) is 68.5 Å². The fourth-order valence-corrected chi connectivity index (χ4v) is 4.11. The van der Waals surface area contributed by atoms with Gasteiger partial charge in [-0.15, -0.1) is 11.3 Å². The number of rotatable bonds is 7. The largest absolute Gasteiger partial charge is 0.494 e. The SMILES string of the molecule is CCOc1ccc(NC(=O)C(=O)NCc2ccc(C(O)c3ccsc3)s2)cc1. The van der Waals surface area contributed by atoms with Gasteiger partial charge in [0.15, 0.2) is 0 Å². The summed E-state index contributed by atoms with van der Waals surface area (Å²) in [5, 5.41) is 19.3. The highest BCUT2D eigenvalue weighted by molar-refractivity contribution is 7.12. The van der Waals surface area contributed by atoms with Gasteiger partial charge >= 0.3 is 11.8 Å². The fraction of sp³-hybridized carbons (Fsp3) is 0.200. The molecule has 1 unspecified atom stereocenters. The minimum Gasteiger partial charge on any atom is -0.494 e. The number of hydrogen-bond donors (Lipinski definition) is 3. The third-order valence-corrected chi connectivity index (χ3v) is 5.70. The number of nitrogens with one attached hydrogen (secondary N) is 2. The lowest BCUT2D eigenvalue weighted by Gasteiger charge is -2.07. The second-order valence-corrected chi connectivity index (χ2v) is 7.84. The maximum Gasteiger partial charge on any atom is 0.313 e. The molecule has 1 atom stereocenters. The van der Waals surface area contributed by atoms with E-state index in [1.807, 2.05) is 35.9 Å². The first kappa shape index (κ1) is 20.1. The molecule has 8 heteroatoms. The summed E-state index contributed by atoms with van der Waals surface area (Å²) in [6.45, 7) is 2.67. The number of thiophene rings is 2. The van der Waals surface area contributed by atoms with Crippen LogP contribution in [0.2, 0.25) is 0 Å². The Hall–Kier alpha value is -2.68. The van der Waals surface area contributed by atoms with E-state index in [9.17, 15) is 14.7 Å². The molecular weight excluding hydrogens is 396 g/mol. The molecule has 1 aromatic carbocycles. The zero-order chi connectivity index (χ0) is 19.9. The molecule has 0 bridgehead atoms. The van der Waals surface area contributed by atoms with Crippen molar-refractivity contribution in [3.63, 3.8) is 0 Å². The van der Waals surface area contributed by atoms with E-state index in [-0.39, 0.29) is 6.54 Å². The van der Waals surface area contributed by atoms with Crippen molar-refractivity contribution < 1.29 is 19.4 Å². The first-order valence-corrected chi connectivity index (χ1v) is 10.4. The van der Waals surface area contributed by atoms with E-state index in [1.165, 1.54) is 22.7 Å². The highest BCUT2D eigenvalue weighted by atomic mass is 32.1. The summed E-state index contributed by atoms with van der Waals surface area (Å²) < 4.78 is 5.34. The number of aliphatic hydroxyl groups is 1. The standard InChI is InChI=1S/C20H20N2O4S2/c1-2-26-15-5-3-14(4-6-15)22-20(25)19(24)21-11-16-7-8-17(28-16)18(23)13-9-10-27-12-13/h3-10,12,18,23H,2,11H2,1H3,(H,21,24)(H,22,25). The molecule has 3 N–H and O–H groups in total. The summed E-state index contributed by atoms with van der Waals surface area (Å²) in [7, 11) is 0. The molecule has 0 saturated heterocycles. The third kappa shape index (κ3) is 5.19. The zero-order valence-corrected chi connectivity index (χ0v) is 16.8. The number of aliphatic hydroxyl groups excluding tert-OH is 1. The monoisotopic (exact) mass is 416 g/mol. The zero-order valence-electron chi connectivity index (χ0n) is 15.2. The topological polar surface area (TPSA) is 87.7 Å². The predicted octanol–water partition coefficient (Wildman–Crippen LogP) is 3.54. The number of anilines is 1. The molecule has 2 aromatic heterocycles. The quantitative estimate of drug-likeness (QED) is 0.514. The van der Waals surface area contributed by atoms with Gasteiger partial charge in [0.05, 0.1) is 13.2 Å². The van der Waals surface area contributed by atoms with E-state index >= 15 is 0 Å². The summed E-state index contributed by atoms with van der Waals surface area (Å²) >= 11 is 2.92. The number of carbonyl (C=O) groups is 2. The van der Waals surface area contributed by atoms with Crippen molar-refractivity contribution in [3.8, 4) is 5.75 Å². The molecule has 0 saturated carbocycles. The first-order chi connectivity index (χ1) is 13.6. The van der Waals surface area contributed by atoms with Crippen LogP contribution in [0.15, 0.2) is 53.2 Å². The van der Waals surface area contributed by atoms with Gasteiger partial charge < -0.3 is 20.5 Å². The van der Waals surface area contributed by atoms with E-state index in [0.717, 1.165) is 15.3 Å². The molecule has 0 aliphatic rings. The van der Waals surface area contributed by atoms with Crippen LogP contribution < -0.4 is 15.4 Å². The molecule has 2 amide bonds. The fourth-order valence-electron chi connectivity index (χ4n) is 2.47. The minimum absolute atomic E-state index is 0.219. The Morgan fingerprint density at radius 2 is 1.89 bits per heavy atom. The van der Waals surface area contributed by atoms with Crippen molar-refractivity contribution in [1.29, 1.82) is 0 Å². The highest BCUT2D eigenvalue weighted by Crippen LogP contribution is 2.29. The molecule has 6 nitrogen and oxygen atoms in total. The third-order valence-electron chi connectivity index (χ3n) is 3.86. The molecule has 0 radical (unpaired) electrons. The van der Waals surface area contributed by atoms with E-state index < -0.39 is 17.9 Å². The molecule has 0 fully saturated rings. The van der Waals surface area contributed by atoms with E-state index in [2.05, 4.69) is 10.6 Å². The molecule has 146 valence electrons. The van der Waals surface area contributed by atoms with E-state index in [1.54, 1.807) is 24.3 Å². The summed E-state index contributed by atoms with van der Waals surface area (Å²) in [6, 6.07) is 12.3. The molecular formula is C20H20N2O4S2. The average molecular weight is 417 g/mol. The van der Waals surface area contributed by atoms with Crippen LogP contribution in [0.4, 0.5) is 5.69 Å². The maximum atomic E-state index is 12.0. The Morgan fingerprint density at radius 3 is 2.57 bits per heavy atom. The molecule has 0 aliphatic heterocycles. The molecule has 2 heterocycles. The highest BCUT2D eigenvalue weighted by Gasteiger charge is 2.16. The number of ether oxygens (including phenoxy) is 1. The van der Waals surface area contributed by atoms with Crippen molar-refractivity contribution in [1.82, 2.24) is 5.32 Å². The molecule has 0 aliphatic carbocycles. The van der Waals surface area contributed by atoms with Crippen LogP contribution in [0.25, 0.3) is 0 Å². The van der Waals surface area contributed by atoms with E-state index in [0.29, 0.717) is 18.0 Å². The summed E-state index contributed by atoms with van der Waals surface area (Å²) in [4.78, 5) is 25.7. The summed E-state index contributed by atoms with van der Waals surface area (Å²) in [5.41, 5.74) is 1.36. The Morgan fingerprint density at radius 1 is 1.11 bits per heavy atom. The van der Waals surface area contributed by atoms with Gasteiger partial charge in [-0.2, -0.15) is 11.3 Å². The van der Waals surface area contributed by atoms with Gasteiger partial charge in [-0.25, -0.2) is 0 Å². The lowest BCUT2D eigenvalue weighted by Crippen LogP contribution is -2.34. The Balaban J connectivity index is 1.50. The summed E-state index contributed by atoms with van der Waals surface area (Å²) in [6.07, 6.45) is -0.677.